The van der Waals surface area contributed by atoms with Gasteiger partial charge in [-0.2, -0.15) is 0 Å². The number of phenolic OH excluding ortho intramolecular Hbond substituents is 1. The van der Waals surface area contributed by atoms with Crippen molar-refractivity contribution in [1.29, 1.82) is 0 Å². The van der Waals surface area contributed by atoms with Gasteiger partial charge in [0.2, 0.25) is 0 Å². The molecule has 1 atom stereocenters. The van der Waals surface area contributed by atoms with E-state index < -0.39 is 11.9 Å². The molecular weight excluding hydrogens is 299 g/mol. The fourth-order valence-electron chi connectivity index (χ4n) is 2.02. The van der Waals surface area contributed by atoms with Gasteiger partial charge < -0.3 is 10.2 Å². The van der Waals surface area contributed by atoms with Crippen molar-refractivity contribution >= 4 is 29.2 Å². The number of aromatic hydroxyl groups is 1. The van der Waals surface area contributed by atoms with Crippen LogP contribution in [0.5, 0.6) is 5.75 Å². The third-order valence-electron chi connectivity index (χ3n) is 3.03. The van der Waals surface area contributed by atoms with Crippen LogP contribution in [-0.2, 0) is 11.2 Å². The molecule has 20 heavy (non-hydrogen) atoms. The maximum atomic E-state index is 11.5. The minimum absolute atomic E-state index is 0.0333. The Labute approximate surface area is 126 Å². The van der Waals surface area contributed by atoms with Crippen molar-refractivity contribution in [1.82, 2.24) is 0 Å². The van der Waals surface area contributed by atoms with Crippen LogP contribution in [0, 0.1) is 0 Å². The number of carboxylic acids is 1. The molecule has 0 aliphatic heterocycles. The fraction of sp³-hybridized carbons (Fsp3) is 0.133. The fourth-order valence-corrected chi connectivity index (χ4v) is 2.41. The maximum absolute atomic E-state index is 11.5. The Morgan fingerprint density at radius 3 is 2.50 bits per heavy atom. The first-order chi connectivity index (χ1) is 9.49. The van der Waals surface area contributed by atoms with Gasteiger partial charge in [0.1, 0.15) is 5.75 Å². The molecule has 104 valence electrons. The molecule has 2 aromatic rings. The van der Waals surface area contributed by atoms with Gasteiger partial charge in [-0.05, 0) is 35.7 Å². The molecule has 0 spiro atoms. The van der Waals surface area contributed by atoms with E-state index in [0.717, 1.165) is 0 Å². The molecule has 0 aliphatic rings. The van der Waals surface area contributed by atoms with Crippen LogP contribution in [0.1, 0.15) is 17.0 Å². The second-order valence-electron chi connectivity index (χ2n) is 4.40. The van der Waals surface area contributed by atoms with Gasteiger partial charge >= 0.3 is 5.97 Å². The summed E-state index contributed by atoms with van der Waals surface area (Å²) in [6.45, 7) is 0. The zero-order chi connectivity index (χ0) is 14.7. The number of hydrogen-bond acceptors (Lipinski definition) is 2. The van der Waals surface area contributed by atoms with Gasteiger partial charge in [0.25, 0.3) is 0 Å². The Balaban J connectivity index is 2.36. The van der Waals surface area contributed by atoms with Crippen molar-refractivity contribution in [3.05, 3.63) is 63.6 Å². The quantitative estimate of drug-likeness (QED) is 0.893. The van der Waals surface area contributed by atoms with Crippen molar-refractivity contribution in [3.63, 3.8) is 0 Å². The lowest BCUT2D eigenvalue weighted by molar-refractivity contribution is -0.138. The van der Waals surface area contributed by atoms with E-state index >= 15 is 0 Å². The summed E-state index contributed by atoms with van der Waals surface area (Å²) in [7, 11) is 0. The molecule has 0 bridgehead atoms. The van der Waals surface area contributed by atoms with Crippen LogP contribution in [0.15, 0.2) is 42.5 Å². The smallest absolute Gasteiger partial charge is 0.311 e. The molecule has 0 heterocycles. The molecule has 5 heteroatoms. The largest absolute Gasteiger partial charge is 0.508 e. The van der Waals surface area contributed by atoms with Gasteiger partial charge in [-0.3, -0.25) is 4.79 Å². The monoisotopic (exact) mass is 310 g/mol. The summed E-state index contributed by atoms with van der Waals surface area (Å²) in [5, 5.41) is 19.6. The van der Waals surface area contributed by atoms with Crippen LogP contribution in [0.3, 0.4) is 0 Å². The zero-order valence-electron chi connectivity index (χ0n) is 10.4. The first-order valence-corrected chi connectivity index (χ1v) is 6.69. The highest BCUT2D eigenvalue weighted by molar-refractivity contribution is 6.42. The number of aliphatic carboxylic acids is 1. The second kappa shape index (κ2) is 6.16. The Morgan fingerprint density at radius 1 is 1.15 bits per heavy atom. The predicted molar refractivity (Wildman–Crippen MR) is 78.6 cm³/mol. The highest BCUT2D eigenvalue weighted by Gasteiger charge is 2.22. The molecule has 0 saturated heterocycles. The lowest BCUT2D eigenvalue weighted by Crippen LogP contribution is -2.14. The first kappa shape index (κ1) is 14.7. The van der Waals surface area contributed by atoms with E-state index in [1.54, 1.807) is 30.3 Å². The third kappa shape index (κ3) is 3.24. The Morgan fingerprint density at radius 2 is 1.85 bits per heavy atom. The first-order valence-electron chi connectivity index (χ1n) is 5.93. The number of rotatable bonds is 4. The van der Waals surface area contributed by atoms with Crippen LogP contribution < -0.4 is 0 Å². The van der Waals surface area contributed by atoms with Gasteiger partial charge in [0.05, 0.1) is 16.0 Å². The topological polar surface area (TPSA) is 57.5 Å². The highest BCUT2D eigenvalue weighted by atomic mass is 35.5. The predicted octanol–water partition coefficient (Wildman–Crippen LogP) is 4.11. The lowest BCUT2D eigenvalue weighted by Gasteiger charge is -2.14. The maximum Gasteiger partial charge on any atom is 0.311 e. The van der Waals surface area contributed by atoms with Crippen LogP contribution in [-0.4, -0.2) is 16.2 Å². The molecule has 3 nitrogen and oxygen atoms in total. The Kier molecular flexibility index (Phi) is 4.53. The van der Waals surface area contributed by atoms with Gasteiger partial charge in [0, 0.05) is 0 Å². The number of benzene rings is 2. The number of carboxylic acid groups (broad SMARTS) is 1. The summed E-state index contributed by atoms with van der Waals surface area (Å²) in [6, 6.07) is 11.3. The van der Waals surface area contributed by atoms with Crippen LogP contribution in [0.25, 0.3) is 0 Å². The van der Waals surface area contributed by atoms with Crippen LogP contribution in [0.2, 0.25) is 10.0 Å². The molecule has 2 N–H and O–H groups in total. The molecule has 0 saturated carbocycles. The van der Waals surface area contributed by atoms with Gasteiger partial charge in [0.15, 0.2) is 0 Å². The standard InChI is InChI=1S/C15H12Cl2O3/c16-13-6-2-4-10(14(13)17)8-12(15(19)20)9-3-1-5-11(18)7-9/h1-7,12,18H,8H2,(H,19,20). The van der Waals surface area contributed by atoms with Gasteiger partial charge in [-0.25, -0.2) is 0 Å². The summed E-state index contributed by atoms with van der Waals surface area (Å²) in [4.78, 5) is 11.5. The van der Waals surface area contributed by atoms with Crippen LogP contribution in [0.4, 0.5) is 0 Å². The normalized spacial score (nSPS) is 12.1. The third-order valence-corrected chi connectivity index (χ3v) is 3.88. The van der Waals surface area contributed by atoms with E-state index in [4.69, 9.17) is 23.2 Å². The molecule has 0 amide bonds. The molecule has 0 aliphatic carbocycles. The van der Waals surface area contributed by atoms with E-state index in [9.17, 15) is 15.0 Å². The summed E-state index contributed by atoms with van der Waals surface area (Å²) in [6.07, 6.45) is 0.207. The number of hydrogen-bond donors (Lipinski definition) is 2. The van der Waals surface area contributed by atoms with E-state index in [1.165, 1.54) is 12.1 Å². The second-order valence-corrected chi connectivity index (χ2v) is 5.19. The molecule has 0 aromatic heterocycles. The van der Waals surface area contributed by atoms with Crippen molar-refractivity contribution in [2.24, 2.45) is 0 Å². The summed E-state index contributed by atoms with van der Waals surface area (Å²) >= 11 is 12.0. The number of halogens is 2. The Hall–Kier alpha value is -1.71. The minimum Gasteiger partial charge on any atom is -0.508 e. The van der Waals surface area contributed by atoms with E-state index in [1.807, 2.05) is 0 Å². The van der Waals surface area contributed by atoms with Crippen molar-refractivity contribution < 1.29 is 15.0 Å². The number of phenols is 1. The Bertz CT molecular complexity index is 641. The van der Waals surface area contributed by atoms with Crippen LogP contribution >= 0.6 is 23.2 Å². The SMILES string of the molecule is O=C(O)C(Cc1cccc(Cl)c1Cl)c1cccc(O)c1. The zero-order valence-corrected chi connectivity index (χ0v) is 11.9. The van der Waals surface area contributed by atoms with E-state index in [-0.39, 0.29) is 12.2 Å². The molecule has 1 unspecified atom stereocenters. The molecule has 2 aromatic carbocycles. The van der Waals surface area contributed by atoms with E-state index in [2.05, 4.69) is 0 Å². The number of carbonyl (C=O) groups is 1. The van der Waals surface area contributed by atoms with Crippen molar-refractivity contribution in [2.45, 2.75) is 12.3 Å². The summed E-state index contributed by atoms with van der Waals surface area (Å²) < 4.78 is 0. The average Bonchev–Trinajstić information content (AvgIpc) is 2.40. The van der Waals surface area contributed by atoms with Gasteiger partial charge in [-0.15, -0.1) is 0 Å². The molecular formula is C15H12Cl2O3. The minimum atomic E-state index is -0.980. The molecule has 2 rings (SSSR count). The summed E-state index contributed by atoms with van der Waals surface area (Å²) in [5.74, 6) is -1.74. The summed E-state index contributed by atoms with van der Waals surface area (Å²) in [5.41, 5.74) is 1.18. The average molecular weight is 311 g/mol. The van der Waals surface area contributed by atoms with Crippen molar-refractivity contribution in [3.8, 4) is 5.75 Å². The van der Waals surface area contributed by atoms with E-state index in [0.29, 0.717) is 21.2 Å². The lowest BCUT2D eigenvalue weighted by atomic mass is 9.92. The molecule has 0 fully saturated rings. The van der Waals surface area contributed by atoms with Crippen molar-refractivity contribution in [2.75, 3.05) is 0 Å². The van der Waals surface area contributed by atoms with Gasteiger partial charge in [-0.1, -0.05) is 47.5 Å². The molecule has 0 radical (unpaired) electrons. The highest BCUT2D eigenvalue weighted by Crippen LogP contribution is 2.31.